The lowest BCUT2D eigenvalue weighted by Gasteiger charge is -2.10. The summed E-state index contributed by atoms with van der Waals surface area (Å²) in [6, 6.07) is 15.9. The van der Waals surface area contributed by atoms with Crippen molar-refractivity contribution in [2.75, 3.05) is 12.4 Å². The second-order valence-electron chi connectivity index (χ2n) is 7.74. The highest BCUT2D eigenvalue weighted by Crippen LogP contribution is 2.28. The molecular formula is C24H19ClN6O4. The number of fused-ring (bicyclic) bond motifs is 1. The van der Waals surface area contributed by atoms with Crippen LogP contribution < -0.4 is 15.7 Å². The number of hydrogen-bond donors (Lipinski definition) is 1. The fourth-order valence-corrected chi connectivity index (χ4v) is 3.74. The van der Waals surface area contributed by atoms with E-state index in [1.165, 1.54) is 11.5 Å². The van der Waals surface area contributed by atoms with Crippen LogP contribution in [0.3, 0.4) is 0 Å². The summed E-state index contributed by atoms with van der Waals surface area (Å²) in [7, 11) is 1.48. The van der Waals surface area contributed by atoms with E-state index < -0.39 is 11.6 Å². The number of ether oxygens (including phenoxy) is 1. The zero-order valence-electron chi connectivity index (χ0n) is 18.7. The maximum absolute atomic E-state index is 12.9. The van der Waals surface area contributed by atoms with Gasteiger partial charge in [-0.2, -0.15) is 4.98 Å². The zero-order chi connectivity index (χ0) is 24.5. The Balaban J connectivity index is 1.44. The van der Waals surface area contributed by atoms with Gasteiger partial charge < -0.3 is 14.6 Å². The number of anilines is 1. The van der Waals surface area contributed by atoms with Crippen LogP contribution in [0.2, 0.25) is 5.02 Å². The number of halogens is 1. The van der Waals surface area contributed by atoms with Crippen molar-refractivity contribution in [3.8, 4) is 28.6 Å². The highest BCUT2D eigenvalue weighted by Gasteiger charge is 2.19. The van der Waals surface area contributed by atoms with Gasteiger partial charge in [0.25, 0.3) is 5.89 Å². The number of benzene rings is 2. The fraction of sp³-hybridized carbons (Fsp3) is 0.125. The molecule has 1 amide bonds. The third-order valence-corrected chi connectivity index (χ3v) is 5.54. The van der Waals surface area contributed by atoms with Gasteiger partial charge in [0.1, 0.15) is 12.3 Å². The predicted octanol–water partition coefficient (Wildman–Crippen LogP) is 3.82. The molecule has 5 rings (SSSR count). The van der Waals surface area contributed by atoms with Crippen molar-refractivity contribution in [1.82, 2.24) is 24.3 Å². The van der Waals surface area contributed by atoms with Crippen molar-refractivity contribution in [2.45, 2.75) is 13.5 Å². The van der Waals surface area contributed by atoms with E-state index in [0.29, 0.717) is 27.8 Å². The molecule has 11 heteroatoms. The minimum absolute atomic E-state index is 0.205. The Kier molecular flexibility index (Phi) is 5.79. The first-order valence-electron chi connectivity index (χ1n) is 10.6. The van der Waals surface area contributed by atoms with E-state index in [1.54, 1.807) is 36.5 Å². The molecule has 0 bridgehead atoms. The predicted molar refractivity (Wildman–Crippen MR) is 130 cm³/mol. The second kappa shape index (κ2) is 9.07. The van der Waals surface area contributed by atoms with Crippen LogP contribution in [-0.4, -0.2) is 37.3 Å². The zero-order valence-corrected chi connectivity index (χ0v) is 19.5. The number of aryl methyl sites for hydroxylation is 1. The van der Waals surface area contributed by atoms with Crippen molar-refractivity contribution in [3.63, 3.8) is 0 Å². The summed E-state index contributed by atoms with van der Waals surface area (Å²) in [5.41, 5.74) is 2.56. The molecule has 0 radical (unpaired) electrons. The number of hydrogen-bond acceptors (Lipinski definition) is 7. The van der Waals surface area contributed by atoms with Crippen LogP contribution in [0.25, 0.3) is 28.5 Å². The summed E-state index contributed by atoms with van der Waals surface area (Å²) in [5.74, 6) is 0.584. The first-order valence-corrected chi connectivity index (χ1v) is 10.9. The average molecular weight is 491 g/mol. The lowest BCUT2D eigenvalue weighted by Crippen LogP contribution is -2.28. The first-order chi connectivity index (χ1) is 16.9. The number of aromatic nitrogens is 5. The van der Waals surface area contributed by atoms with E-state index in [4.69, 9.17) is 20.9 Å². The highest BCUT2D eigenvalue weighted by molar-refractivity contribution is 6.31. The van der Waals surface area contributed by atoms with Crippen molar-refractivity contribution >= 4 is 28.8 Å². The van der Waals surface area contributed by atoms with Gasteiger partial charge in [-0.1, -0.05) is 46.6 Å². The molecule has 0 saturated heterocycles. The molecule has 3 aromatic heterocycles. The van der Waals surface area contributed by atoms with Crippen LogP contribution >= 0.6 is 11.6 Å². The van der Waals surface area contributed by atoms with E-state index in [1.807, 2.05) is 31.2 Å². The molecule has 0 aliphatic carbocycles. The molecule has 2 aromatic carbocycles. The van der Waals surface area contributed by atoms with Gasteiger partial charge in [0, 0.05) is 16.8 Å². The van der Waals surface area contributed by atoms with Crippen LogP contribution in [0.4, 0.5) is 5.69 Å². The summed E-state index contributed by atoms with van der Waals surface area (Å²) >= 11 is 6.02. The maximum Gasteiger partial charge on any atom is 0.350 e. The number of rotatable bonds is 6. The second-order valence-corrected chi connectivity index (χ2v) is 8.17. The number of pyridine rings is 1. The molecule has 5 aromatic rings. The number of nitrogens with zero attached hydrogens (tertiary/aromatic N) is 5. The standard InChI is InChI=1S/C24H19ClN6O4/c1-14-5-7-15(8-6-14)21-27-23(35-29-21)17-4-3-11-30-22(17)28-31(24(30)33)13-20(32)26-18-12-16(25)9-10-19(18)34-2/h3-12H,13H2,1-2H3,(H,26,32). The number of methoxy groups -OCH3 is 1. The lowest BCUT2D eigenvalue weighted by atomic mass is 10.1. The van der Waals surface area contributed by atoms with Gasteiger partial charge in [-0.25, -0.2) is 13.9 Å². The van der Waals surface area contributed by atoms with E-state index in [-0.39, 0.29) is 18.1 Å². The Hall–Kier alpha value is -4.44. The molecule has 10 nitrogen and oxygen atoms in total. The third-order valence-electron chi connectivity index (χ3n) is 5.30. The third kappa shape index (κ3) is 4.38. The Bertz CT molecular complexity index is 1600. The monoisotopic (exact) mass is 490 g/mol. The first kappa shape index (κ1) is 22.4. The molecule has 3 heterocycles. The molecule has 35 heavy (non-hydrogen) atoms. The quantitative estimate of drug-likeness (QED) is 0.384. The summed E-state index contributed by atoms with van der Waals surface area (Å²) in [6.45, 7) is 1.67. The van der Waals surface area contributed by atoms with Gasteiger partial charge in [-0.3, -0.25) is 4.79 Å². The van der Waals surface area contributed by atoms with E-state index in [9.17, 15) is 9.59 Å². The minimum atomic E-state index is -0.492. The van der Waals surface area contributed by atoms with Crippen molar-refractivity contribution < 1.29 is 14.1 Å². The summed E-state index contributed by atoms with van der Waals surface area (Å²) in [6.07, 6.45) is 1.56. The number of amides is 1. The van der Waals surface area contributed by atoms with E-state index in [0.717, 1.165) is 15.8 Å². The Morgan fingerprint density at radius 2 is 1.97 bits per heavy atom. The van der Waals surface area contributed by atoms with Crippen LogP contribution in [0.5, 0.6) is 5.75 Å². The molecule has 0 atom stereocenters. The summed E-state index contributed by atoms with van der Waals surface area (Å²) in [4.78, 5) is 30.0. The molecule has 176 valence electrons. The Morgan fingerprint density at radius 3 is 2.74 bits per heavy atom. The molecule has 0 fully saturated rings. The minimum Gasteiger partial charge on any atom is -0.495 e. The summed E-state index contributed by atoms with van der Waals surface area (Å²) in [5, 5.41) is 11.5. The van der Waals surface area contributed by atoms with Crippen molar-refractivity contribution in [1.29, 1.82) is 0 Å². The van der Waals surface area contributed by atoms with Gasteiger partial charge in [0.05, 0.1) is 18.4 Å². The van der Waals surface area contributed by atoms with Crippen LogP contribution in [0.1, 0.15) is 5.56 Å². The molecule has 0 unspecified atom stereocenters. The molecule has 0 saturated carbocycles. The smallest absolute Gasteiger partial charge is 0.350 e. The van der Waals surface area contributed by atoms with Gasteiger partial charge >= 0.3 is 5.69 Å². The van der Waals surface area contributed by atoms with Crippen molar-refractivity contribution in [2.24, 2.45) is 0 Å². The molecule has 0 aliphatic rings. The van der Waals surface area contributed by atoms with Gasteiger partial charge in [0.2, 0.25) is 11.7 Å². The normalized spacial score (nSPS) is 11.1. The molecule has 0 aliphatic heterocycles. The molecule has 0 spiro atoms. The number of carbonyl (C=O) groups excluding carboxylic acids is 1. The van der Waals surface area contributed by atoms with E-state index >= 15 is 0 Å². The number of nitrogens with one attached hydrogen (secondary N) is 1. The van der Waals surface area contributed by atoms with Gasteiger partial charge in [-0.15, -0.1) is 5.10 Å². The van der Waals surface area contributed by atoms with Crippen molar-refractivity contribution in [3.05, 3.63) is 81.9 Å². The average Bonchev–Trinajstić information content (AvgIpc) is 3.45. The lowest BCUT2D eigenvalue weighted by molar-refractivity contribution is -0.117. The molecular weight excluding hydrogens is 472 g/mol. The Morgan fingerprint density at radius 1 is 1.17 bits per heavy atom. The fourth-order valence-electron chi connectivity index (χ4n) is 3.56. The van der Waals surface area contributed by atoms with Gasteiger partial charge in [-0.05, 0) is 37.3 Å². The highest BCUT2D eigenvalue weighted by atomic mass is 35.5. The molecule has 1 N–H and O–H groups in total. The van der Waals surface area contributed by atoms with Crippen LogP contribution in [0.15, 0.2) is 70.1 Å². The number of carbonyl (C=O) groups is 1. The van der Waals surface area contributed by atoms with Crippen LogP contribution in [-0.2, 0) is 11.3 Å². The summed E-state index contributed by atoms with van der Waals surface area (Å²) < 4.78 is 13.1. The Labute approximate surface area is 203 Å². The van der Waals surface area contributed by atoms with Gasteiger partial charge in [0.15, 0.2) is 5.65 Å². The van der Waals surface area contributed by atoms with Crippen LogP contribution in [0, 0.1) is 6.92 Å². The topological polar surface area (TPSA) is 117 Å². The maximum atomic E-state index is 12.9. The SMILES string of the molecule is COc1ccc(Cl)cc1NC(=O)Cn1nc2c(-c3nc(-c4ccc(C)cc4)no3)cccn2c1=O. The largest absolute Gasteiger partial charge is 0.495 e. The van der Waals surface area contributed by atoms with E-state index in [2.05, 4.69) is 20.6 Å².